The van der Waals surface area contributed by atoms with Crippen molar-refractivity contribution in [1.29, 1.82) is 0 Å². The molecular weight excluding hydrogens is 180 g/mol. The van der Waals surface area contributed by atoms with Crippen molar-refractivity contribution in [3.05, 3.63) is 0 Å². The predicted molar refractivity (Wildman–Crippen MR) is 57.4 cm³/mol. The van der Waals surface area contributed by atoms with Crippen LogP contribution in [-0.4, -0.2) is 34.7 Å². The van der Waals surface area contributed by atoms with Crippen molar-refractivity contribution in [2.24, 2.45) is 5.73 Å². The van der Waals surface area contributed by atoms with E-state index in [1.165, 1.54) is 4.90 Å². The van der Waals surface area contributed by atoms with Gasteiger partial charge in [0.15, 0.2) is 0 Å². The number of hydrogen-bond donors (Lipinski definition) is 2. The zero-order chi connectivity index (χ0) is 11.2. The van der Waals surface area contributed by atoms with Crippen LogP contribution in [0.25, 0.3) is 0 Å². The Bertz CT molecular complexity index is 175. The molecular formula is C10H22N2O2. The summed E-state index contributed by atoms with van der Waals surface area (Å²) in [5.74, 6) is 0. The number of rotatable bonds is 5. The molecule has 1 amide bonds. The fraction of sp³-hybridized carbons (Fsp3) is 0.900. The predicted octanol–water partition coefficient (Wildman–Crippen LogP) is 1.89. The molecule has 14 heavy (non-hydrogen) atoms. The third-order valence-corrected chi connectivity index (χ3v) is 2.13. The van der Waals surface area contributed by atoms with Crippen LogP contribution in [-0.2, 0) is 0 Å². The summed E-state index contributed by atoms with van der Waals surface area (Å²) in [5, 5.41) is 8.97. The van der Waals surface area contributed by atoms with Crippen molar-refractivity contribution in [2.45, 2.75) is 45.6 Å². The van der Waals surface area contributed by atoms with Gasteiger partial charge in [-0.25, -0.2) is 4.79 Å². The second-order valence-electron chi connectivity index (χ2n) is 4.45. The Labute approximate surface area is 86.1 Å². The van der Waals surface area contributed by atoms with Gasteiger partial charge in [0.2, 0.25) is 0 Å². The van der Waals surface area contributed by atoms with Gasteiger partial charge in [-0.15, -0.1) is 0 Å². The third-order valence-electron chi connectivity index (χ3n) is 2.13. The van der Waals surface area contributed by atoms with Crippen LogP contribution in [0.3, 0.4) is 0 Å². The molecule has 0 atom stereocenters. The van der Waals surface area contributed by atoms with Crippen molar-refractivity contribution in [3.63, 3.8) is 0 Å². The minimum absolute atomic E-state index is 0.311. The molecule has 0 aromatic rings. The molecule has 3 N–H and O–H groups in total. The van der Waals surface area contributed by atoms with E-state index >= 15 is 0 Å². The zero-order valence-electron chi connectivity index (χ0n) is 9.42. The van der Waals surface area contributed by atoms with Crippen molar-refractivity contribution in [2.75, 3.05) is 13.1 Å². The highest BCUT2D eigenvalue weighted by Crippen LogP contribution is 2.14. The van der Waals surface area contributed by atoms with E-state index in [-0.39, 0.29) is 5.54 Å². The number of nitrogens with two attached hydrogens (primary N) is 1. The van der Waals surface area contributed by atoms with Crippen LogP contribution in [0, 0.1) is 0 Å². The summed E-state index contributed by atoms with van der Waals surface area (Å²) in [4.78, 5) is 12.4. The summed E-state index contributed by atoms with van der Waals surface area (Å²) in [6.45, 7) is 7.00. The molecule has 0 aliphatic rings. The average Bonchev–Trinajstić information content (AvgIpc) is 2.01. The molecule has 0 radical (unpaired) electrons. The van der Waals surface area contributed by atoms with Crippen molar-refractivity contribution in [3.8, 4) is 0 Å². The first-order valence-electron chi connectivity index (χ1n) is 5.10. The maximum Gasteiger partial charge on any atom is 0.407 e. The largest absolute Gasteiger partial charge is 0.465 e. The Balaban J connectivity index is 3.94. The van der Waals surface area contributed by atoms with E-state index in [9.17, 15) is 4.79 Å². The lowest BCUT2D eigenvalue weighted by Crippen LogP contribution is -2.45. The molecule has 0 spiro atoms. The summed E-state index contributed by atoms with van der Waals surface area (Å²) in [5.41, 5.74) is 5.05. The van der Waals surface area contributed by atoms with Gasteiger partial charge in [0.1, 0.15) is 0 Å². The topological polar surface area (TPSA) is 66.6 Å². The molecule has 0 rings (SSSR count). The number of carboxylic acid groups (broad SMARTS) is 1. The van der Waals surface area contributed by atoms with E-state index in [0.29, 0.717) is 13.1 Å². The van der Waals surface area contributed by atoms with Gasteiger partial charge in [-0.1, -0.05) is 6.42 Å². The van der Waals surface area contributed by atoms with E-state index in [2.05, 4.69) is 0 Å². The Morgan fingerprint density at radius 3 is 2.21 bits per heavy atom. The Hall–Kier alpha value is -0.770. The standard InChI is InChI=1S/C10H22N2O2/c1-10(2,3)12(9(13)14)8-6-4-5-7-11/h4-8,11H2,1-3H3,(H,13,14). The maximum atomic E-state index is 10.9. The molecule has 0 aromatic heterocycles. The smallest absolute Gasteiger partial charge is 0.407 e. The average molecular weight is 202 g/mol. The van der Waals surface area contributed by atoms with Gasteiger partial charge in [0.25, 0.3) is 0 Å². The molecule has 0 bridgehead atoms. The van der Waals surface area contributed by atoms with Gasteiger partial charge in [-0.05, 0) is 40.2 Å². The van der Waals surface area contributed by atoms with Crippen LogP contribution in [0.5, 0.6) is 0 Å². The number of hydrogen-bond acceptors (Lipinski definition) is 2. The molecule has 0 unspecified atom stereocenters. The molecule has 0 fully saturated rings. The lowest BCUT2D eigenvalue weighted by atomic mass is 10.1. The summed E-state index contributed by atoms with van der Waals surface area (Å²) in [6.07, 6.45) is 2.01. The van der Waals surface area contributed by atoms with Gasteiger partial charge in [-0.3, -0.25) is 0 Å². The number of amides is 1. The van der Waals surface area contributed by atoms with Gasteiger partial charge in [0.05, 0.1) is 0 Å². The van der Waals surface area contributed by atoms with E-state index in [4.69, 9.17) is 10.8 Å². The summed E-state index contributed by atoms with van der Waals surface area (Å²) < 4.78 is 0. The van der Waals surface area contributed by atoms with Crippen molar-refractivity contribution >= 4 is 6.09 Å². The Morgan fingerprint density at radius 1 is 1.29 bits per heavy atom. The molecule has 4 nitrogen and oxygen atoms in total. The first-order valence-corrected chi connectivity index (χ1v) is 5.10. The molecule has 4 heteroatoms. The Kier molecular flexibility index (Phi) is 5.53. The highest BCUT2D eigenvalue weighted by Gasteiger charge is 2.24. The maximum absolute atomic E-state index is 10.9. The summed E-state index contributed by atoms with van der Waals surface area (Å²) in [6, 6.07) is 0. The monoisotopic (exact) mass is 202 g/mol. The summed E-state index contributed by atoms with van der Waals surface area (Å²) in [7, 11) is 0. The quantitative estimate of drug-likeness (QED) is 0.669. The molecule has 0 heterocycles. The van der Waals surface area contributed by atoms with Gasteiger partial charge in [0, 0.05) is 12.1 Å². The van der Waals surface area contributed by atoms with Crippen LogP contribution in [0.15, 0.2) is 0 Å². The first-order chi connectivity index (χ1) is 6.39. The van der Waals surface area contributed by atoms with E-state index in [1.807, 2.05) is 20.8 Å². The van der Waals surface area contributed by atoms with Crippen LogP contribution >= 0.6 is 0 Å². The molecule has 0 saturated heterocycles. The fourth-order valence-electron chi connectivity index (χ4n) is 1.31. The van der Waals surface area contributed by atoms with Crippen molar-refractivity contribution < 1.29 is 9.90 Å². The van der Waals surface area contributed by atoms with Gasteiger partial charge >= 0.3 is 6.09 Å². The SMILES string of the molecule is CC(C)(C)N(CCCCCN)C(=O)O. The van der Waals surface area contributed by atoms with Gasteiger partial charge in [-0.2, -0.15) is 0 Å². The van der Waals surface area contributed by atoms with E-state index in [1.54, 1.807) is 0 Å². The van der Waals surface area contributed by atoms with Gasteiger partial charge < -0.3 is 15.7 Å². The lowest BCUT2D eigenvalue weighted by molar-refractivity contribution is 0.0990. The third kappa shape index (κ3) is 5.07. The molecule has 0 aliphatic heterocycles. The highest BCUT2D eigenvalue weighted by molar-refractivity contribution is 5.65. The Morgan fingerprint density at radius 2 is 1.86 bits per heavy atom. The molecule has 0 aliphatic carbocycles. The van der Waals surface area contributed by atoms with Crippen LogP contribution in [0.2, 0.25) is 0 Å². The second kappa shape index (κ2) is 5.86. The molecule has 84 valence electrons. The summed E-state index contributed by atoms with van der Waals surface area (Å²) >= 11 is 0. The second-order valence-corrected chi connectivity index (χ2v) is 4.45. The van der Waals surface area contributed by atoms with Crippen LogP contribution in [0.1, 0.15) is 40.0 Å². The highest BCUT2D eigenvalue weighted by atomic mass is 16.4. The van der Waals surface area contributed by atoms with Crippen molar-refractivity contribution in [1.82, 2.24) is 4.90 Å². The van der Waals surface area contributed by atoms with E-state index < -0.39 is 6.09 Å². The normalized spacial score (nSPS) is 11.4. The minimum Gasteiger partial charge on any atom is -0.465 e. The zero-order valence-corrected chi connectivity index (χ0v) is 9.42. The fourth-order valence-corrected chi connectivity index (χ4v) is 1.31. The number of unbranched alkanes of at least 4 members (excludes halogenated alkanes) is 2. The minimum atomic E-state index is -0.842. The number of nitrogens with zero attached hydrogens (tertiary/aromatic N) is 1. The lowest BCUT2D eigenvalue weighted by Gasteiger charge is -2.33. The van der Waals surface area contributed by atoms with Crippen LogP contribution < -0.4 is 5.73 Å². The van der Waals surface area contributed by atoms with E-state index in [0.717, 1.165) is 19.3 Å². The molecule has 0 aromatic carbocycles. The molecule has 0 saturated carbocycles. The van der Waals surface area contributed by atoms with Crippen LogP contribution in [0.4, 0.5) is 4.79 Å². The first kappa shape index (κ1) is 13.2. The number of carbonyl (C=O) groups is 1.